The Labute approximate surface area is 99.7 Å². The summed E-state index contributed by atoms with van der Waals surface area (Å²) < 4.78 is 7.62. The molecule has 0 saturated carbocycles. The van der Waals surface area contributed by atoms with Crippen LogP contribution < -0.4 is 5.73 Å². The lowest BCUT2D eigenvalue weighted by atomic mass is 10.1. The van der Waals surface area contributed by atoms with Crippen LogP contribution in [-0.4, -0.2) is 33.2 Å². The maximum Gasteiger partial charge on any atom is 0.191 e. The molecule has 1 aliphatic rings. The first-order valence-corrected chi connectivity index (χ1v) is 6.62. The summed E-state index contributed by atoms with van der Waals surface area (Å²) in [6.07, 6.45) is 4.01. The Morgan fingerprint density at radius 1 is 1.50 bits per heavy atom. The van der Waals surface area contributed by atoms with Crippen LogP contribution in [0.2, 0.25) is 0 Å². The van der Waals surface area contributed by atoms with Gasteiger partial charge < -0.3 is 15.0 Å². The molecular formula is C10H18N4OS. The number of hydrogen-bond acceptors (Lipinski definition) is 5. The van der Waals surface area contributed by atoms with Crippen LogP contribution in [0.5, 0.6) is 0 Å². The van der Waals surface area contributed by atoms with Gasteiger partial charge in [0.1, 0.15) is 5.82 Å². The van der Waals surface area contributed by atoms with E-state index in [-0.39, 0.29) is 0 Å². The van der Waals surface area contributed by atoms with Gasteiger partial charge in [0.05, 0.1) is 12.6 Å². The van der Waals surface area contributed by atoms with Crippen molar-refractivity contribution in [3.05, 3.63) is 5.82 Å². The predicted octanol–water partition coefficient (Wildman–Crippen LogP) is 0.935. The molecule has 0 aliphatic carbocycles. The third-order valence-electron chi connectivity index (χ3n) is 2.78. The summed E-state index contributed by atoms with van der Waals surface area (Å²) in [5, 5.41) is 9.06. The Bertz CT molecular complexity index is 336. The average Bonchev–Trinajstić information content (AvgIpc) is 2.69. The second-order valence-electron chi connectivity index (χ2n) is 3.96. The van der Waals surface area contributed by atoms with Crippen molar-refractivity contribution >= 4 is 11.8 Å². The van der Waals surface area contributed by atoms with Crippen LogP contribution in [0.4, 0.5) is 0 Å². The van der Waals surface area contributed by atoms with Crippen molar-refractivity contribution in [2.24, 2.45) is 12.8 Å². The Hall–Kier alpha value is -0.590. The molecule has 1 aromatic heterocycles. The highest BCUT2D eigenvalue weighted by atomic mass is 32.2. The van der Waals surface area contributed by atoms with Crippen molar-refractivity contribution < 1.29 is 4.74 Å². The quantitative estimate of drug-likeness (QED) is 0.796. The highest BCUT2D eigenvalue weighted by Crippen LogP contribution is 2.22. The van der Waals surface area contributed by atoms with Gasteiger partial charge in [0.2, 0.25) is 0 Å². The van der Waals surface area contributed by atoms with Crippen molar-refractivity contribution in [1.82, 2.24) is 14.8 Å². The second-order valence-corrected chi connectivity index (χ2v) is 4.95. The van der Waals surface area contributed by atoms with Crippen LogP contribution in [0.1, 0.15) is 25.1 Å². The van der Waals surface area contributed by atoms with Gasteiger partial charge in [-0.15, -0.1) is 10.2 Å². The maximum atomic E-state index is 5.67. The number of nitrogens with zero attached hydrogens (tertiary/aromatic N) is 3. The van der Waals surface area contributed by atoms with Gasteiger partial charge in [0, 0.05) is 19.4 Å². The van der Waals surface area contributed by atoms with E-state index in [1.807, 2.05) is 11.6 Å². The number of thioether (sulfide) groups is 1. The number of nitrogens with two attached hydrogens (primary N) is 1. The highest BCUT2D eigenvalue weighted by molar-refractivity contribution is 7.99. The molecule has 2 N–H and O–H groups in total. The van der Waals surface area contributed by atoms with E-state index in [1.165, 1.54) is 12.8 Å². The summed E-state index contributed by atoms with van der Waals surface area (Å²) in [5.74, 6) is 1.78. The molecule has 2 heterocycles. The van der Waals surface area contributed by atoms with E-state index in [1.54, 1.807) is 11.8 Å². The van der Waals surface area contributed by atoms with Crippen molar-refractivity contribution in [3.8, 4) is 0 Å². The largest absolute Gasteiger partial charge is 0.377 e. The zero-order chi connectivity index (χ0) is 11.4. The van der Waals surface area contributed by atoms with Crippen LogP contribution in [0, 0.1) is 0 Å². The molecule has 1 saturated heterocycles. The molecule has 1 aliphatic heterocycles. The molecule has 0 radical (unpaired) electrons. The van der Waals surface area contributed by atoms with Crippen molar-refractivity contribution in [2.45, 2.75) is 37.1 Å². The van der Waals surface area contributed by atoms with Gasteiger partial charge in [0.25, 0.3) is 0 Å². The van der Waals surface area contributed by atoms with Crippen LogP contribution in [-0.2, 0) is 18.3 Å². The van der Waals surface area contributed by atoms with Crippen LogP contribution in [0.3, 0.4) is 0 Å². The zero-order valence-electron chi connectivity index (χ0n) is 9.56. The summed E-state index contributed by atoms with van der Waals surface area (Å²) in [6.45, 7) is 1.34. The molecule has 0 aromatic carbocycles. The molecule has 1 atom stereocenters. The van der Waals surface area contributed by atoms with E-state index < -0.39 is 0 Å². The minimum atomic E-state index is 0.372. The lowest BCUT2D eigenvalue weighted by molar-refractivity contribution is 0.0315. The fourth-order valence-electron chi connectivity index (χ4n) is 1.75. The average molecular weight is 242 g/mol. The highest BCUT2D eigenvalue weighted by Gasteiger charge is 2.16. The standard InChI is InChI=1S/C10H18N4OS/c1-14-9(6-11)12-13-10(14)16-7-8-4-2-3-5-15-8/h8H,2-7,11H2,1H3. The first-order valence-electron chi connectivity index (χ1n) is 5.64. The molecule has 16 heavy (non-hydrogen) atoms. The molecule has 6 heteroatoms. The first-order chi connectivity index (χ1) is 7.81. The number of aromatic nitrogens is 3. The van der Waals surface area contributed by atoms with E-state index in [9.17, 15) is 0 Å². The zero-order valence-corrected chi connectivity index (χ0v) is 10.4. The second kappa shape index (κ2) is 5.65. The molecule has 5 nitrogen and oxygen atoms in total. The fourth-order valence-corrected chi connectivity index (χ4v) is 2.75. The number of rotatable bonds is 4. The third-order valence-corrected chi connectivity index (χ3v) is 3.93. The van der Waals surface area contributed by atoms with E-state index >= 15 is 0 Å². The number of hydrogen-bond donors (Lipinski definition) is 1. The van der Waals surface area contributed by atoms with Crippen molar-refractivity contribution in [3.63, 3.8) is 0 Å². The SMILES string of the molecule is Cn1c(CN)nnc1SCC1CCCCO1. The summed E-state index contributed by atoms with van der Waals surface area (Å²) in [4.78, 5) is 0. The molecular weight excluding hydrogens is 224 g/mol. The topological polar surface area (TPSA) is 66.0 Å². The van der Waals surface area contributed by atoms with Gasteiger partial charge in [-0.1, -0.05) is 11.8 Å². The summed E-state index contributed by atoms with van der Waals surface area (Å²) in [6, 6.07) is 0. The summed E-state index contributed by atoms with van der Waals surface area (Å²) >= 11 is 1.70. The molecule has 1 fully saturated rings. The van der Waals surface area contributed by atoms with Gasteiger partial charge in [-0.2, -0.15) is 0 Å². The molecule has 0 spiro atoms. The Morgan fingerprint density at radius 2 is 2.38 bits per heavy atom. The molecule has 1 unspecified atom stereocenters. The first kappa shape index (κ1) is 11.9. The predicted molar refractivity (Wildman–Crippen MR) is 63.2 cm³/mol. The van der Waals surface area contributed by atoms with Crippen LogP contribution >= 0.6 is 11.8 Å². The maximum absolute atomic E-state index is 5.67. The van der Waals surface area contributed by atoms with Gasteiger partial charge in [-0.25, -0.2) is 0 Å². The molecule has 1 aromatic rings. The van der Waals surface area contributed by atoms with Gasteiger partial charge in [-0.05, 0) is 19.3 Å². The molecule has 0 amide bonds. The van der Waals surface area contributed by atoms with E-state index in [2.05, 4.69) is 10.2 Å². The Balaban J connectivity index is 1.86. The van der Waals surface area contributed by atoms with Crippen molar-refractivity contribution in [1.29, 1.82) is 0 Å². The number of ether oxygens (including phenoxy) is 1. The Morgan fingerprint density at radius 3 is 3.00 bits per heavy atom. The van der Waals surface area contributed by atoms with Crippen LogP contribution in [0.15, 0.2) is 5.16 Å². The van der Waals surface area contributed by atoms with Crippen LogP contribution in [0.25, 0.3) is 0 Å². The van der Waals surface area contributed by atoms with Gasteiger partial charge in [0.15, 0.2) is 5.16 Å². The van der Waals surface area contributed by atoms with E-state index in [0.29, 0.717) is 12.6 Å². The monoisotopic (exact) mass is 242 g/mol. The van der Waals surface area contributed by atoms with Crippen molar-refractivity contribution in [2.75, 3.05) is 12.4 Å². The summed E-state index contributed by atoms with van der Waals surface area (Å²) in [7, 11) is 1.95. The third kappa shape index (κ3) is 2.75. The lowest BCUT2D eigenvalue weighted by Gasteiger charge is -2.21. The Kier molecular flexibility index (Phi) is 4.20. The molecule has 2 rings (SSSR count). The van der Waals surface area contributed by atoms with E-state index in [4.69, 9.17) is 10.5 Å². The minimum Gasteiger partial charge on any atom is -0.377 e. The van der Waals surface area contributed by atoms with Gasteiger partial charge in [-0.3, -0.25) is 0 Å². The van der Waals surface area contributed by atoms with E-state index in [0.717, 1.165) is 29.8 Å². The minimum absolute atomic E-state index is 0.372. The normalized spacial score (nSPS) is 21.2. The molecule has 90 valence electrons. The molecule has 0 bridgehead atoms. The lowest BCUT2D eigenvalue weighted by Crippen LogP contribution is -2.21. The summed E-state index contributed by atoms with van der Waals surface area (Å²) in [5.41, 5.74) is 5.55. The van der Waals surface area contributed by atoms with Gasteiger partial charge >= 0.3 is 0 Å². The smallest absolute Gasteiger partial charge is 0.191 e. The fraction of sp³-hybridized carbons (Fsp3) is 0.800.